The Morgan fingerprint density at radius 1 is 1.16 bits per heavy atom. The lowest BCUT2D eigenvalue weighted by Gasteiger charge is -2.08. The Bertz CT molecular complexity index is 951. The third-order valence-corrected chi connectivity index (χ3v) is 3.82. The van der Waals surface area contributed by atoms with Crippen LogP contribution in [-0.4, -0.2) is 21.7 Å². The molecule has 6 nitrogen and oxygen atoms in total. The number of carboxylic acids is 1. The highest BCUT2D eigenvalue weighted by Crippen LogP contribution is 2.32. The fourth-order valence-electron chi connectivity index (χ4n) is 2.68. The molecule has 25 heavy (non-hydrogen) atoms. The van der Waals surface area contributed by atoms with Gasteiger partial charge in [-0.3, -0.25) is 5.32 Å². The van der Waals surface area contributed by atoms with E-state index in [1.165, 1.54) is 23.7 Å². The minimum absolute atomic E-state index is 0.0162. The quantitative estimate of drug-likeness (QED) is 0.756. The maximum atomic E-state index is 14.2. The molecule has 0 saturated heterocycles. The summed E-state index contributed by atoms with van der Waals surface area (Å²) in [5.41, 5.74) is 0.786. The third kappa shape index (κ3) is 3.16. The monoisotopic (exact) mass is 342 g/mol. The topological polar surface area (TPSA) is 80.6 Å². The standard InChI is InChI=1S/C18H15FN2O4/c1-21-13-9-5-8-12(19)14(13)15(16(21)17(22)23)20-18(24)25-10-11-6-3-2-4-7-11/h2-9H,10H2,1H3,(H,20,24)(H,22,23). The molecule has 0 unspecified atom stereocenters. The second kappa shape index (κ2) is 6.64. The molecule has 0 fully saturated rings. The molecule has 3 rings (SSSR count). The molecular weight excluding hydrogens is 327 g/mol. The number of benzene rings is 2. The van der Waals surface area contributed by atoms with Gasteiger partial charge in [-0.2, -0.15) is 0 Å². The van der Waals surface area contributed by atoms with E-state index in [-0.39, 0.29) is 23.4 Å². The maximum absolute atomic E-state index is 14.2. The van der Waals surface area contributed by atoms with Crippen LogP contribution < -0.4 is 5.32 Å². The number of aromatic nitrogens is 1. The Morgan fingerprint density at radius 2 is 1.88 bits per heavy atom. The average Bonchev–Trinajstić information content (AvgIpc) is 2.87. The minimum Gasteiger partial charge on any atom is -0.477 e. The molecule has 0 aliphatic carbocycles. The summed E-state index contributed by atoms with van der Waals surface area (Å²) in [6, 6.07) is 13.3. The van der Waals surface area contributed by atoms with Gasteiger partial charge >= 0.3 is 12.1 Å². The number of ether oxygens (including phenoxy) is 1. The predicted octanol–water partition coefficient (Wildman–Crippen LogP) is 3.76. The second-order valence-corrected chi connectivity index (χ2v) is 5.41. The molecule has 3 aromatic rings. The average molecular weight is 342 g/mol. The number of hydrogen-bond donors (Lipinski definition) is 2. The lowest BCUT2D eigenvalue weighted by Crippen LogP contribution is -2.16. The van der Waals surface area contributed by atoms with Gasteiger partial charge in [0.05, 0.1) is 16.6 Å². The van der Waals surface area contributed by atoms with Crippen LogP contribution in [0.25, 0.3) is 10.9 Å². The van der Waals surface area contributed by atoms with Gasteiger partial charge in [0.2, 0.25) is 0 Å². The third-order valence-electron chi connectivity index (χ3n) is 3.82. The van der Waals surface area contributed by atoms with Crippen LogP contribution in [0.5, 0.6) is 0 Å². The van der Waals surface area contributed by atoms with Gasteiger partial charge in [0.15, 0.2) is 5.69 Å². The lowest BCUT2D eigenvalue weighted by molar-refractivity contribution is 0.0688. The molecular formula is C18H15FN2O4. The van der Waals surface area contributed by atoms with Crippen molar-refractivity contribution in [3.8, 4) is 0 Å². The van der Waals surface area contributed by atoms with E-state index in [0.29, 0.717) is 5.52 Å². The number of halogens is 1. The van der Waals surface area contributed by atoms with E-state index in [1.807, 2.05) is 6.07 Å². The van der Waals surface area contributed by atoms with Gasteiger partial charge in [0.1, 0.15) is 12.4 Å². The normalized spacial score (nSPS) is 10.6. The number of fused-ring (bicyclic) bond motifs is 1. The van der Waals surface area contributed by atoms with Crippen molar-refractivity contribution in [1.82, 2.24) is 4.57 Å². The fraction of sp³-hybridized carbons (Fsp3) is 0.111. The first kappa shape index (κ1) is 16.5. The summed E-state index contributed by atoms with van der Waals surface area (Å²) in [6.45, 7) is 0.0162. The molecule has 0 spiro atoms. The Balaban J connectivity index is 1.91. The van der Waals surface area contributed by atoms with Crippen LogP contribution in [0.4, 0.5) is 14.9 Å². The fourth-order valence-corrected chi connectivity index (χ4v) is 2.68. The van der Waals surface area contributed by atoms with Gasteiger partial charge in [0, 0.05) is 7.05 Å². The van der Waals surface area contributed by atoms with Gasteiger partial charge in [-0.15, -0.1) is 0 Å². The van der Waals surface area contributed by atoms with Crippen molar-refractivity contribution in [3.63, 3.8) is 0 Å². The molecule has 0 atom stereocenters. The van der Waals surface area contributed by atoms with Gasteiger partial charge < -0.3 is 14.4 Å². The second-order valence-electron chi connectivity index (χ2n) is 5.41. The summed E-state index contributed by atoms with van der Waals surface area (Å²) in [5.74, 6) is -1.91. The van der Waals surface area contributed by atoms with Gasteiger partial charge in [0.25, 0.3) is 0 Å². The molecule has 0 saturated carbocycles. The summed E-state index contributed by atoms with van der Waals surface area (Å²) in [5, 5.41) is 11.8. The van der Waals surface area contributed by atoms with E-state index in [4.69, 9.17) is 4.74 Å². The number of carbonyl (C=O) groups is 2. The number of hydrogen-bond acceptors (Lipinski definition) is 3. The first-order chi connectivity index (χ1) is 12.0. The van der Waals surface area contributed by atoms with Crippen LogP contribution in [0.3, 0.4) is 0 Å². The summed E-state index contributed by atoms with van der Waals surface area (Å²) in [7, 11) is 1.49. The maximum Gasteiger partial charge on any atom is 0.412 e. The zero-order valence-corrected chi connectivity index (χ0v) is 13.3. The number of aromatic carboxylic acids is 1. The van der Waals surface area contributed by atoms with Crippen LogP contribution in [0, 0.1) is 5.82 Å². The molecule has 2 aromatic carbocycles. The van der Waals surface area contributed by atoms with E-state index >= 15 is 0 Å². The van der Waals surface area contributed by atoms with E-state index < -0.39 is 17.9 Å². The zero-order chi connectivity index (χ0) is 18.0. The van der Waals surface area contributed by atoms with E-state index in [2.05, 4.69) is 5.32 Å². The Kier molecular flexibility index (Phi) is 4.38. The van der Waals surface area contributed by atoms with Crippen molar-refractivity contribution < 1.29 is 23.8 Å². The number of amides is 1. The molecule has 2 N–H and O–H groups in total. The van der Waals surface area contributed by atoms with E-state index in [0.717, 1.165) is 5.56 Å². The summed E-state index contributed by atoms with van der Waals surface area (Å²) >= 11 is 0. The number of anilines is 1. The Hall–Kier alpha value is -3.35. The number of carboxylic acid groups (broad SMARTS) is 1. The SMILES string of the molecule is Cn1c(C(=O)O)c(NC(=O)OCc2ccccc2)c2c(F)cccc21. The van der Waals surface area contributed by atoms with Gasteiger partial charge in [-0.05, 0) is 17.7 Å². The van der Waals surface area contributed by atoms with Crippen molar-refractivity contribution in [1.29, 1.82) is 0 Å². The van der Waals surface area contributed by atoms with Crippen molar-refractivity contribution in [2.24, 2.45) is 7.05 Å². The minimum atomic E-state index is -1.28. The molecule has 1 heterocycles. The molecule has 7 heteroatoms. The smallest absolute Gasteiger partial charge is 0.412 e. The summed E-state index contributed by atoms with van der Waals surface area (Å²) in [4.78, 5) is 23.6. The molecule has 0 aliphatic rings. The van der Waals surface area contributed by atoms with Crippen molar-refractivity contribution in [3.05, 3.63) is 65.6 Å². The van der Waals surface area contributed by atoms with Gasteiger partial charge in [-0.25, -0.2) is 14.0 Å². The van der Waals surface area contributed by atoms with Crippen molar-refractivity contribution >= 4 is 28.7 Å². The zero-order valence-electron chi connectivity index (χ0n) is 13.3. The van der Waals surface area contributed by atoms with Gasteiger partial charge in [-0.1, -0.05) is 36.4 Å². The highest BCUT2D eigenvalue weighted by molar-refractivity contribution is 6.10. The summed E-state index contributed by atoms with van der Waals surface area (Å²) in [6.07, 6.45) is -0.859. The molecule has 0 radical (unpaired) electrons. The van der Waals surface area contributed by atoms with Crippen LogP contribution in [-0.2, 0) is 18.4 Å². The lowest BCUT2D eigenvalue weighted by atomic mass is 10.2. The summed E-state index contributed by atoms with van der Waals surface area (Å²) < 4.78 is 20.6. The molecule has 0 aliphatic heterocycles. The molecule has 1 aromatic heterocycles. The molecule has 1 amide bonds. The number of carbonyl (C=O) groups excluding carboxylic acids is 1. The Morgan fingerprint density at radius 3 is 2.56 bits per heavy atom. The van der Waals surface area contributed by atoms with Crippen molar-refractivity contribution in [2.45, 2.75) is 6.61 Å². The number of nitrogens with zero attached hydrogens (tertiary/aromatic N) is 1. The number of aryl methyl sites for hydroxylation is 1. The number of nitrogens with one attached hydrogen (secondary N) is 1. The van der Waals surface area contributed by atoms with Crippen LogP contribution in [0.1, 0.15) is 16.1 Å². The van der Waals surface area contributed by atoms with Crippen LogP contribution in [0.15, 0.2) is 48.5 Å². The first-order valence-corrected chi connectivity index (χ1v) is 7.47. The Labute approximate surface area is 142 Å². The van der Waals surface area contributed by atoms with E-state index in [9.17, 15) is 19.1 Å². The van der Waals surface area contributed by atoms with Crippen LogP contribution >= 0.6 is 0 Å². The van der Waals surface area contributed by atoms with Crippen molar-refractivity contribution in [2.75, 3.05) is 5.32 Å². The largest absolute Gasteiger partial charge is 0.477 e. The van der Waals surface area contributed by atoms with E-state index in [1.54, 1.807) is 30.3 Å². The van der Waals surface area contributed by atoms with Crippen LogP contribution in [0.2, 0.25) is 0 Å². The molecule has 0 bridgehead atoms. The molecule has 128 valence electrons. The number of rotatable bonds is 4. The highest BCUT2D eigenvalue weighted by Gasteiger charge is 2.24. The first-order valence-electron chi connectivity index (χ1n) is 7.47. The highest BCUT2D eigenvalue weighted by atomic mass is 19.1. The predicted molar refractivity (Wildman–Crippen MR) is 90.1 cm³/mol.